The summed E-state index contributed by atoms with van der Waals surface area (Å²) in [6.45, 7) is 8.51. The Labute approximate surface area is 192 Å². The van der Waals surface area contributed by atoms with Crippen molar-refractivity contribution in [2.24, 2.45) is 16.6 Å². The molecule has 2 heterocycles. The minimum Gasteiger partial charge on any atom is -0.383 e. The maximum Gasteiger partial charge on any atom is 0.146 e. The van der Waals surface area contributed by atoms with Gasteiger partial charge in [0.2, 0.25) is 0 Å². The van der Waals surface area contributed by atoms with Crippen molar-refractivity contribution in [3.63, 3.8) is 0 Å². The van der Waals surface area contributed by atoms with Gasteiger partial charge in [0.25, 0.3) is 0 Å². The molecule has 0 bridgehead atoms. The average Bonchev–Trinajstić information content (AvgIpc) is 3.30. The van der Waals surface area contributed by atoms with Crippen molar-refractivity contribution in [2.75, 3.05) is 45.7 Å². The van der Waals surface area contributed by atoms with E-state index < -0.39 is 0 Å². The number of benzene rings is 1. The lowest BCUT2D eigenvalue weighted by molar-refractivity contribution is 0.566. The predicted octanol–water partition coefficient (Wildman–Crippen LogP) is 4.33. The molecule has 2 N–H and O–H groups in total. The maximum absolute atomic E-state index is 5.95. The molecule has 5 nitrogen and oxygen atoms in total. The molecule has 0 spiro atoms. The van der Waals surface area contributed by atoms with Gasteiger partial charge in [0.1, 0.15) is 11.5 Å². The number of allylic oxidation sites excluding steroid dienone is 4. The molecule has 1 unspecified atom stereocenters. The second-order valence-electron chi connectivity index (χ2n) is 8.21. The van der Waals surface area contributed by atoms with E-state index in [1.54, 1.807) is 7.05 Å². The topological polar surface area (TPSA) is 57.8 Å². The van der Waals surface area contributed by atoms with Crippen LogP contribution in [0.15, 0.2) is 54.2 Å². The van der Waals surface area contributed by atoms with Gasteiger partial charge < -0.3 is 15.5 Å². The molecule has 32 heavy (non-hydrogen) atoms. The van der Waals surface area contributed by atoms with Gasteiger partial charge in [-0.3, -0.25) is 4.99 Å². The Morgan fingerprint density at radius 2 is 2.16 bits per heavy atom. The monoisotopic (exact) mass is 427 g/mol. The number of hydrogen-bond donors (Lipinski definition) is 1. The highest BCUT2D eigenvalue weighted by atomic mass is 15.2. The third kappa shape index (κ3) is 5.27. The van der Waals surface area contributed by atoms with Crippen molar-refractivity contribution < 1.29 is 0 Å². The summed E-state index contributed by atoms with van der Waals surface area (Å²) in [5.74, 6) is 1.40. The first-order chi connectivity index (χ1) is 15.5. The van der Waals surface area contributed by atoms with Crippen molar-refractivity contribution >= 4 is 23.2 Å². The minimum absolute atomic E-state index is 0.487. The van der Waals surface area contributed by atoms with Gasteiger partial charge in [-0.15, -0.1) is 0 Å². The fourth-order valence-corrected chi connectivity index (χ4v) is 3.94. The number of aromatic nitrogens is 1. The van der Waals surface area contributed by atoms with E-state index in [1.807, 2.05) is 50.4 Å². The minimum atomic E-state index is 0.487. The lowest BCUT2D eigenvalue weighted by Gasteiger charge is -2.20. The lowest BCUT2D eigenvalue weighted by Crippen LogP contribution is -2.24. The van der Waals surface area contributed by atoms with Gasteiger partial charge in [0, 0.05) is 57.8 Å². The molecule has 1 aliphatic heterocycles. The van der Waals surface area contributed by atoms with Gasteiger partial charge in [-0.05, 0) is 49.1 Å². The lowest BCUT2D eigenvalue weighted by atomic mass is 10.0. The highest BCUT2D eigenvalue weighted by Gasteiger charge is 2.25. The van der Waals surface area contributed by atoms with Crippen LogP contribution in [0.25, 0.3) is 22.4 Å². The normalized spacial score (nSPS) is 17.0. The van der Waals surface area contributed by atoms with Crippen LogP contribution in [0.4, 0.5) is 5.82 Å². The first-order valence-corrected chi connectivity index (χ1v) is 11.0. The SMILES string of the molecule is C=C/C(=C\N(C)C)c1cccc(-c2c#cc(/C(C=NC)=C/C)c(N3CCC(CN)C3)n2)c1. The Kier molecular flexibility index (Phi) is 7.86. The zero-order valence-electron chi connectivity index (χ0n) is 19.6. The molecular weight excluding hydrogens is 394 g/mol. The molecule has 3 rings (SSSR count). The summed E-state index contributed by atoms with van der Waals surface area (Å²) in [6, 6.07) is 15.0. The quantitative estimate of drug-likeness (QED) is 0.503. The fourth-order valence-electron chi connectivity index (χ4n) is 3.94. The molecule has 2 aromatic rings. The second kappa shape index (κ2) is 10.8. The summed E-state index contributed by atoms with van der Waals surface area (Å²) in [7, 11) is 5.79. The molecule has 0 radical (unpaired) electrons. The summed E-state index contributed by atoms with van der Waals surface area (Å²) in [5, 5.41) is 0. The number of nitrogens with zero attached hydrogens (tertiary/aromatic N) is 4. The third-order valence-electron chi connectivity index (χ3n) is 5.62. The van der Waals surface area contributed by atoms with Crippen LogP contribution in [0.2, 0.25) is 0 Å². The van der Waals surface area contributed by atoms with Crippen LogP contribution >= 0.6 is 0 Å². The molecule has 1 aliphatic rings. The van der Waals surface area contributed by atoms with Crippen molar-refractivity contribution in [3.8, 4) is 11.3 Å². The van der Waals surface area contributed by atoms with Gasteiger partial charge in [0.05, 0.1) is 5.56 Å². The van der Waals surface area contributed by atoms with Crippen LogP contribution < -0.4 is 10.6 Å². The van der Waals surface area contributed by atoms with Gasteiger partial charge in [-0.1, -0.05) is 43.0 Å². The Morgan fingerprint density at radius 3 is 2.78 bits per heavy atom. The van der Waals surface area contributed by atoms with E-state index in [0.717, 1.165) is 58.9 Å². The van der Waals surface area contributed by atoms with Gasteiger partial charge in [-0.25, -0.2) is 4.98 Å². The fraction of sp³-hybridized carbons (Fsp3) is 0.333. The van der Waals surface area contributed by atoms with E-state index in [1.165, 1.54) is 0 Å². The summed E-state index contributed by atoms with van der Waals surface area (Å²) in [6.07, 6.45) is 8.90. The van der Waals surface area contributed by atoms with E-state index in [2.05, 4.69) is 53.0 Å². The Hall–Kier alpha value is -3.36. The summed E-state index contributed by atoms with van der Waals surface area (Å²) in [4.78, 5) is 13.6. The predicted molar refractivity (Wildman–Crippen MR) is 137 cm³/mol. The van der Waals surface area contributed by atoms with Gasteiger partial charge in [0.15, 0.2) is 0 Å². The summed E-state index contributed by atoms with van der Waals surface area (Å²) < 4.78 is 0. The zero-order valence-corrected chi connectivity index (χ0v) is 19.6. The molecule has 5 heteroatoms. The van der Waals surface area contributed by atoms with Gasteiger partial charge >= 0.3 is 0 Å². The van der Waals surface area contributed by atoms with Crippen LogP contribution in [0.3, 0.4) is 0 Å². The molecule has 1 aromatic heterocycles. The van der Waals surface area contributed by atoms with Crippen LogP contribution in [0.5, 0.6) is 0 Å². The molecule has 1 atom stereocenters. The Bertz CT molecular complexity index is 1030. The molecule has 0 aliphatic carbocycles. The van der Waals surface area contributed by atoms with Gasteiger partial charge in [-0.2, -0.15) is 0 Å². The van der Waals surface area contributed by atoms with E-state index >= 15 is 0 Å². The number of anilines is 1. The van der Waals surface area contributed by atoms with E-state index in [-0.39, 0.29) is 0 Å². The number of hydrogen-bond acceptors (Lipinski definition) is 5. The van der Waals surface area contributed by atoms with Crippen LogP contribution in [0, 0.1) is 18.1 Å². The van der Waals surface area contributed by atoms with Crippen molar-refractivity contribution in [1.29, 1.82) is 0 Å². The van der Waals surface area contributed by atoms with E-state index in [9.17, 15) is 0 Å². The molecule has 1 fully saturated rings. The summed E-state index contributed by atoms with van der Waals surface area (Å²) >= 11 is 0. The largest absolute Gasteiger partial charge is 0.383 e. The smallest absolute Gasteiger partial charge is 0.146 e. The molecule has 0 saturated carbocycles. The van der Waals surface area contributed by atoms with Crippen LogP contribution in [0.1, 0.15) is 24.5 Å². The number of rotatable bonds is 8. The second-order valence-corrected chi connectivity index (χ2v) is 8.21. The average molecular weight is 428 g/mol. The number of aliphatic imine (C=N–C) groups is 1. The third-order valence-corrected chi connectivity index (χ3v) is 5.62. The van der Waals surface area contributed by atoms with Crippen molar-refractivity contribution in [2.45, 2.75) is 13.3 Å². The van der Waals surface area contributed by atoms with E-state index in [0.29, 0.717) is 12.5 Å². The van der Waals surface area contributed by atoms with Crippen LogP contribution in [-0.4, -0.2) is 56.9 Å². The van der Waals surface area contributed by atoms with Crippen LogP contribution in [-0.2, 0) is 0 Å². The standard InChI is InChI=1S/C27H33N5/c1-6-21(17-29-3)25-11-12-26(30-27(25)32-14-13-20(16-28)18-32)24-10-8-9-23(15-24)22(7-2)19-31(4)5/h6-10,15,17,19-20H,2,13-14,16,18,28H2,1,3-5H3/b21-6+,22-19+,29-17?. The molecule has 166 valence electrons. The maximum atomic E-state index is 5.95. The Balaban J connectivity index is 2.08. The van der Waals surface area contributed by atoms with E-state index in [4.69, 9.17) is 10.7 Å². The molecular formula is C27H33N5. The first-order valence-electron chi connectivity index (χ1n) is 11.0. The first kappa shape index (κ1) is 23.3. The molecule has 1 aromatic carbocycles. The van der Waals surface area contributed by atoms with Crippen molar-refractivity contribution in [3.05, 3.63) is 72.5 Å². The zero-order chi connectivity index (χ0) is 23.1. The summed E-state index contributed by atoms with van der Waals surface area (Å²) in [5.41, 5.74) is 11.8. The highest BCUT2D eigenvalue weighted by Crippen LogP contribution is 2.31. The molecule has 0 amide bonds. The Morgan fingerprint density at radius 1 is 1.34 bits per heavy atom. The number of nitrogens with two attached hydrogens (primary N) is 1. The molecule has 1 saturated heterocycles. The van der Waals surface area contributed by atoms with Crippen molar-refractivity contribution in [1.82, 2.24) is 9.88 Å². The highest BCUT2D eigenvalue weighted by molar-refractivity contribution is 6.11.